The van der Waals surface area contributed by atoms with Gasteiger partial charge >= 0.3 is 0 Å². The average Bonchev–Trinajstić information content (AvgIpc) is 2.88. The molecule has 0 spiro atoms. The molecule has 0 aliphatic heterocycles. The minimum Gasteiger partial charge on any atom is -0.361 e. The van der Waals surface area contributed by atoms with Gasteiger partial charge < -0.3 is 5.32 Å². The van der Waals surface area contributed by atoms with Crippen molar-refractivity contribution in [2.75, 3.05) is 5.32 Å². The topological polar surface area (TPSA) is 66.5 Å². The summed E-state index contributed by atoms with van der Waals surface area (Å²) in [6.45, 7) is 6.35. The highest BCUT2D eigenvalue weighted by atomic mass is 15.2. The van der Waals surface area contributed by atoms with Gasteiger partial charge in [0.15, 0.2) is 11.3 Å². The number of aromatic amines is 1. The molecule has 1 aromatic carbocycles. The van der Waals surface area contributed by atoms with Gasteiger partial charge in [0.25, 0.3) is 0 Å². The summed E-state index contributed by atoms with van der Waals surface area (Å²) >= 11 is 0. The van der Waals surface area contributed by atoms with Crippen LogP contribution < -0.4 is 5.32 Å². The van der Waals surface area contributed by atoms with Crippen LogP contribution in [0.3, 0.4) is 0 Å². The molecule has 108 valence electrons. The van der Waals surface area contributed by atoms with E-state index in [4.69, 9.17) is 0 Å². The van der Waals surface area contributed by atoms with Crippen LogP contribution in [0.1, 0.15) is 31.1 Å². The van der Waals surface area contributed by atoms with E-state index in [2.05, 4.69) is 63.6 Å². The van der Waals surface area contributed by atoms with Gasteiger partial charge in [0.1, 0.15) is 11.8 Å². The second-order valence-electron chi connectivity index (χ2n) is 5.54. The van der Waals surface area contributed by atoms with E-state index in [0.29, 0.717) is 5.92 Å². The Bertz CT molecular complexity index is 733. The van der Waals surface area contributed by atoms with Crippen LogP contribution in [0.25, 0.3) is 11.0 Å². The number of H-pyrrole nitrogens is 1. The Labute approximate surface area is 123 Å². The zero-order valence-electron chi connectivity index (χ0n) is 12.5. The zero-order chi connectivity index (χ0) is 14.8. The predicted molar refractivity (Wildman–Crippen MR) is 84.1 cm³/mol. The molecule has 1 atom stereocenters. The van der Waals surface area contributed by atoms with Crippen LogP contribution in [0.15, 0.2) is 36.7 Å². The van der Waals surface area contributed by atoms with Crippen molar-refractivity contribution in [3.8, 4) is 0 Å². The summed E-state index contributed by atoms with van der Waals surface area (Å²) in [5.74, 6) is 1.20. The Hall–Kier alpha value is -2.43. The van der Waals surface area contributed by atoms with E-state index in [-0.39, 0.29) is 6.04 Å². The fourth-order valence-corrected chi connectivity index (χ4v) is 2.50. The normalized spacial score (nSPS) is 12.8. The zero-order valence-corrected chi connectivity index (χ0v) is 12.5. The highest BCUT2D eigenvalue weighted by Crippen LogP contribution is 2.28. The van der Waals surface area contributed by atoms with Crippen molar-refractivity contribution < 1.29 is 0 Å². The second-order valence-corrected chi connectivity index (χ2v) is 5.54. The van der Waals surface area contributed by atoms with Gasteiger partial charge in [0.05, 0.1) is 11.7 Å². The molecule has 0 radical (unpaired) electrons. The molecule has 3 aromatic rings. The summed E-state index contributed by atoms with van der Waals surface area (Å²) in [5.41, 5.74) is 3.85. The van der Waals surface area contributed by atoms with Crippen LogP contribution in [-0.4, -0.2) is 20.2 Å². The van der Waals surface area contributed by atoms with Crippen molar-refractivity contribution >= 4 is 16.9 Å². The van der Waals surface area contributed by atoms with Gasteiger partial charge in [-0.15, -0.1) is 0 Å². The number of aryl methyl sites for hydroxylation is 1. The number of nitrogens with zero attached hydrogens (tertiary/aromatic N) is 3. The summed E-state index contributed by atoms with van der Waals surface area (Å²) in [6, 6.07) is 10.6. The van der Waals surface area contributed by atoms with Crippen molar-refractivity contribution in [3.63, 3.8) is 0 Å². The van der Waals surface area contributed by atoms with Crippen molar-refractivity contribution in [1.82, 2.24) is 20.2 Å². The second kappa shape index (κ2) is 5.52. The molecule has 2 N–H and O–H groups in total. The van der Waals surface area contributed by atoms with Crippen molar-refractivity contribution in [2.45, 2.75) is 26.8 Å². The fraction of sp³-hybridized carbons (Fsp3) is 0.312. The van der Waals surface area contributed by atoms with E-state index in [1.807, 2.05) is 13.0 Å². The summed E-state index contributed by atoms with van der Waals surface area (Å²) in [5, 5.41) is 10.8. The number of anilines is 1. The lowest BCUT2D eigenvalue weighted by atomic mass is 9.96. The summed E-state index contributed by atoms with van der Waals surface area (Å²) in [6.07, 6.45) is 1.58. The average molecular weight is 281 g/mol. The molecule has 0 unspecified atom stereocenters. The van der Waals surface area contributed by atoms with Crippen molar-refractivity contribution in [3.05, 3.63) is 47.9 Å². The molecule has 21 heavy (non-hydrogen) atoms. The lowest BCUT2D eigenvalue weighted by Crippen LogP contribution is -2.17. The standard InChI is InChI=1S/C16H19N5/c1-10(2)13(12-7-5-4-6-8-12)19-16-15-14(17-9-18-16)11(3)20-21-15/h4-10,13H,1-3H3,(H,20,21)(H,17,18,19)/t13-/m0/s1. The number of fused-ring (bicyclic) bond motifs is 1. The summed E-state index contributed by atoms with van der Waals surface area (Å²) in [7, 11) is 0. The highest BCUT2D eigenvalue weighted by Gasteiger charge is 2.18. The number of aromatic nitrogens is 4. The summed E-state index contributed by atoms with van der Waals surface area (Å²) in [4.78, 5) is 8.64. The van der Waals surface area contributed by atoms with Gasteiger partial charge in [-0.1, -0.05) is 44.2 Å². The van der Waals surface area contributed by atoms with Crippen molar-refractivity contribution in [1.29, 1.82) is 0 Å². The molecule has 0 saturated heterocycles. The van der Waals surface area contributed by atoms with Gasteiger partial charge in [-0.25, -0.2) is 9.97 Å². The van der Waals surface area contributed by atoms with E-state index in [1.54, 1.807) is 6.33 Å². The van der Waals surface area contributed by atoms with Gasteiger partial charge in [0, 0.05) is 0 Å². The quantitative estimate of drug-likeness (QED) is 0.768. The number of hydrogen-bond donors (Lipinski definition) is 2. The third-order valence-electron chi connectivity index (χ3n) is 3.63. The van der Waals surface area contributed by atoms with Crippen LogP contribution in [0.5, 0.6) is 0 Å². The first kappa shape index (κ1) is 13.5. The first-order chi connectivity index (χ1) is 10.2. The molecule has 3 rings (SSSR count). The summed E-state index contributed by atoms with van der Waals surface area (Å²) < 4.78 is 0. The van der Waals surface area contributed by atoms with Crippen LogP contribution >= 0.6 is 0 Å². The van der Waals surface area contributed by atoms with Crippen LogP contribution in [0.4, 0.5) is 5.82 Å². The molecule has 0 aliphatic carbocycles. The van der Waals surface area contributed by atoms with Crippen LogP contribution in [0.2, 0.25) is 0 Å². The third-order valence-corrected chi connectivity index (χ3v) is 3.63. The Morgan fingerprint density at radius 2 is 1.81 bits per heavy atom. The molecule has 0 bridgehead atoms. The molecule has 0 aliphatic rings. The largest absolute Gasteiger partial charge is 0.361 e. The Morgan fingerprint density at radius 1 is 1.05 bits per heavy atom. The lowest BCUT2D eigenvalue weighted by Gasteiger charge is -2.23. The van der Waals surface area contributed by atoms with E-state index >= 15 is 0 Å². The molecule has 5 nitrogen and oxygen atoms in total. The smallest absolute Gasteiger partial charge is 0.158 e. The molecular weight excluding hydrogens is 262 g/mol. The molecule has 0 amide bonds. The first-order valence-electron chi connectivity index (χ1n) is 7.14. The fourth-order valence-electron chi connectivity index (χ4n) is 2.50. The molecule has 2 aromatic heterocycles. The number of benzene rings is 1. The molecule has 0 fully saturated rings. The molecule has 0 saturated carbocycles. The van der Waals surface area contributed by atoms with Crippen molar-refractivity contribution in [2.24, 2.45) is 5.92 Å². The first-order valence-corrected chi connectivity index (χ1v) is 7.14. The van der Waals surface area contributed by atoms with E-state index in [9.17, 15) is 0 Å². The van der Waals surface area contributed by atoms with E-state index in [1.165, 1.54) is 5.56 Å². The van der Waals surface area contributed by atoms with Crippen LogP contribution in [-0.2, 0) is 0 Å². The predicted octanol–water partition coefficient (Wildman–Crippen LogP) is 3.47. The van der Waals surface area contributed by atoms with Gasteiger partial charge in [0.2, 0.25) is 0 Å². The molecule has 5 heteroatoms. The molecule has 2 heterocycles. The maximum absolute atomic E-state index is 4.36. The minimum atomic E-state index is 0.182. The Balaban J connectivity index is 1.99. The monoisotopic (exact) mass is 281 g/mol. The molecular formula is C16H19N5. The van der Waals surface area contributed by atoms with Gasteiger partial charge in [-0.3, -0.25) is 5.10 Å². The highest BCUT2D eigenvalue weighted by molar-refractivity contribution is 5.86. The number of hydrogen-bond acceptors (Lipinski definition) is 4. The van der Waals surface area contributed by atoms with Gasteiger partial charge in [-0.05, 0) is 18.4 Å². The lowest BCUT2D eigenvalue weighted by molar-refractivity contribution is 0.545. The number of rotatable bonds is 4. The Morgan fingerprint density at radius 3 is 2.52 bits per heavy atom. The maximum atomic E-state index is 4.36. The maximum Gasteiger partial charge on any atom is 0.158 e. The SMILES string of the molecule is Cc1[nH]nc2c(N[C@H](c3ccccc3)C(C)C)ncnc12. The van der Waals surface area contributed by atoms with Crippen LogP contribution in [0, 0.1) is 12.8 Å². The van der Waals surface area contributed by atoms with E-state index < -0.39 is 0 Å². The number of nitrogens with one attached hydrogen (secondary N) is 2. The third kappa shape index (κ3) is 2.59. The Kier molecular flexibility index (Phi) is 3.56. The van der Waals surface area contributed by atoms with E-state index in [0.717, 1.165) is 22.5 Å². The minimum absolute atomic E-state index is 0.182. The van der Waals surface area contributed by atoms with Gasteiger partial charge in [-0.2, -0.15) is 5.10 Å².